The summed E-state index contributed by atoms with van der Waals surface area (Å²) in [5.41, 5.74) is 0.853. The van der Waals surface area contributed by atoms with E-state index in [0.717, 1.165) is 22.7 Å². The Kier molecular flexibility index (Phi) is 3.48. The van der Waals surface area contributed by atoms with Crippen LogP contribution >= 0.6 is 11.3 Å². The van der Waals surface area contributed by atoms with Crippen LogP contribution < -0.4 is 0 Å². The van der Waals surface area contributed by atoms with Crippen molar-refractivity contribution < 1.29 is 13.2 Å². The fourth-order valence-electron chi connectivity index (χ4n) is 1.54. The molecule has 1 heterocycles. The lowest BCUT2D eigenvalue weighted by atomic mass is 10.0. The minimum atomic E-state index is -4.31. The van der Waals surface area contributed by atoms with Crippen molar-refractivity contribution in [3.8, 4) is 10.6 Å². The van der Waals surface area contributed by atoms with Crippen molar-refractivity contribution in [1.82, 2.24) is 4.98 Å². The highest BCUT2D eigenvalue weighted by molar-refractivity contribution is 7.15. The maximum atomic E-state index is 12.4. The molecule has 0 fully saturated rings. The van der Waals surface area contributed by atoms with Gasteiger partial charge >= 0.3 is 6.18 Å². The Hall–Kier alpha value is -1.30. The topological polar surface area (TPSA) is 12.9 Å². The van der Waals surface area contributed by atoms with Gasteiger partial charge in [-0.1, -0.05) is 18.5 Å². The number of nitrogens with zero attached hydrogens (tertiary/aromatic N) is 1. The summed E-state index contributed by atoms with van der Waals surface area (Å²) in [7, 11) is 5.54. The molecule has 0 aliphatic rings. The van der Waals surface area contributed by atoms with Crippen molar-refractivity contribution in [2.24, 2.45) is 0 Å². The smallest absolute Gasteiger partial charge is 0.241 e. The molecule has 1 aromatic heterocycles. The van der Waals surface area contributed by atoms with E-state index in [1.165, 1.54) is 23.5 Å². The van der Waals surface area contributed by atoms with Gasteiger partial charge in [-0.25, -0.2) is 4.98 Å². The van der Waals surface area contributed by atoms with E-state index in [9.17, 15) is 13.2 Å². The van der Waals surface area contributed by atoms with Crippen LogP contribution in [0.5, 0.6) is 0 Å². The summed E-state index contributed by atoms with van der Waals surface area (Å²) in [5.74, 6) is 0. The molecule has 2 rings (SSSR count). The minimum absolute atomic E-state index is 0.393. The van der Waals surface area contributed by atoms with Crippen LogP contribution in [-0.4, -0.2) is 12.8 Å². The summed E-state index contributed by atoms with van der Waals surface area (Å²) in [6, 6.07) is 4.99. The Morgan fingerprint density at radius 2 is 1.83 bits per heavy atom. The minimum Gasteiger partial charge on any atom is -0.241 e. The number of thiazole rings is 1. The molecule has 18 heavy (non-hydrogen) atoms. The third-order valence-corrected chi connectivity index (χ3v) is 3.77. The molecular weight excluding hydrogens is 258 g/mol. The molecule has 0 saturated heterocycles. The van der Waals surface area contributed by atoms with Crippen LogP contribution in [0.4, 0.5) is 13.2 Å². The molecule has 0 aliphatic carbocycles. The van der Waals surface area contributed by atoms with Gasteiger partial charge in [0.2, 0.25) is 0 Å². The average Bonchev–Trinajstić information content (AvgIpc) is 2.69. The Morgan fingerprint density at radius 3 is 2.28 bits per heavy atom. The van der Waals surface area contributed by atoms with Gasteiger partial charge in [-0.2, -0.15) is 13.2 Å². The summed E-state index contributed by atoms with van der Waals surface area (Å²) >= 11 is 1.41. The van der Waals surface area contributed by atoms with E-state index in [0.29, 0.717) is 16.9 Å². The molecule has 2 radical (unpaired) electrons. The van der Waals surface area contributed by atoms with Crippen molar-refractivity contribution in [2.45, 2.75) is 19.4 Å². The van der Waals surface area contributed by atoms with Crippen LogP contribution in [0, 0.1) is 6.92 Å². The lowest BCUT2D eigenvalue weighted by molar-refractivity contribution is -0.137. The number of rotatable bonds is 2. The first-order valence-electron chi connectivity index (χ1n) is 5.26. The quantitative estimate of drug-likeness (QED) is 0.754. The molecule has 1 nitrogen and oxygen atoms in total. The Balaban J connectivity index is 2.34. The highest BCUT2D eigenvalue weighted by Crippen LogP contribution is 2.32. The van der Waals surface area contributed by atoms with Crippen molar-refractivity contribution >= 4 is 19.2 Å². The van der Waals surface area contributed by atoms with Crippen molar-refractivity contribution in [2.75, 3.05) is 0 Å². The molecule has 0 N–H and O–H groups in total. The fraction of sp³-hybridized carbons (Fsp3) is 0.250. The first-order chi connectivity index (χ1) is 8.41. The van der Waals surface area contributed by atoms with E-state index in [1.807, 2.05) is 6.92 Å². The molecule has 0 amide bonds. The lowest BCUT2D eigenvalue weighted by Crippen LogP contribution is -2.03. The third-order valence-electron chi connectivity index (χ3n) is 2.54. The molecule has 0 atom stereocenters. The summed E-state index contributed by atoms with van der Waals surface area (Å²) in [4.78, 5) is 5.25. The van der Waals surface area contributed by atoms with Gasteiger partial charge in [0.1, 0.15) is 5.01 Å². The van der Waals surface area contributed by atoms with Gasteiger partial charge in [-0.15, -0.1) is 11.3 Å². The second-order valence-corrected chi connectivity index (χ2v) is 4.89. The van der Waals surface area contributed by atoms with Gasteiger partial charge in [0.25, 0.3) is 0 Å². The van der Waals surface area contributed by atoms with E-state index >= 15 is 0 Å². The predicted molar refractivity (Wildman–Crippen MR) is 66.7 cm³/mol. The van der Waals surface area contributed by atoms with Crippen LogP contribution in [0.1, 0.15) is 16.1 Å². The summed E-state index contributed by atoms with van der Waals surface area (Å²) in [6.45, 7) is 1.84. The molecule has 1 aromatic carbocycles. The molecule has 92 valence electrons. The van der Waals surface area contributed by atoms with Gasteiger partial charge in [-0.3, -0.25) is 0 Å². The molecule has 2 aromatic rings. The highest BCUT2D eigenvalue weighted by Gasteiger charge is 2.30. The number of aryl methyl sites for hydroxylation is 1. The number of hydrogen-bond acceptors (Lipinski definition) is 2. The van der Waals surface area contributed by atoms with Crippen molar-refractivity contribution in [1.29, 1.82) is 0 Å². The lowest BCUT2D eigenvalue weighted by Gasteiger charge is -2.06. The predicted octanol–water partition coefficient (Wildman–Crippen LogP) is 3.81. The Morgan fingerprint density at radius 1 is 1.22 bits per heavy atom. The molecule has 0 spiro atoms. The Bertz CT molecular complexity index is 545. The second-order valence-electron chi connectivity index (χ2n) is 3.81. The zero-order chi connectivity index (χ0) is 13.3. The van der Waals surface area contributed by atoms with Crippen LogP contribution in [0.15, 0.2) is 24.3 Å². The fourth-order valence-corrected chi connectivity index (χ4v) is 2.49. The van der Waals surface area contributed by atoms with E-state index in [4.69, 9.17) is 7.85 Å². The SMILES string of the molecule is [B]Cc1sc(-c2ccc(C(F)(F)F)cc2)nc1C. The normalized spacial score (nSPS) is 11.8. The van der Waals surface area contributed by atoms with E-state index in [-0.39, 0.29) is 0 Å². The summed E-state index contributed by atoms with van der Waals surface area (Å²) in [6.07, 6.45) is -3.91. The maximum absolute atomic E-state index is 12.4. The standard InChI is InChI=1S/C12H9BF3NS/c1-7-10(6-13)18-11(17-7)8-2-4-9(5-3-8)12(14,15)16/h2-5H,6H2,1H3. The first kappa shape index (κ1) is 13.1. The molecule has 0 bridgehead atoms. The van der Waals surface area contributed by atoms with Crippen molar-refractivity contribution in [3.63, 3.8) is 0 Å². The number of hydrogen-bond donors (Lipinski definition) is 0. The summed E-state index contributed by atoms with van der Waals surface area (Å²) < 4.78 is 37.2. The summed E-state index contributed by atoms with van der Waals surface area (Å²) in [5, 5.41) is 0.696. The van der Waals surface area contributed by atoms with Gasteiger partial charge in [0.05, 0.1) is 19.1 Å². The van der Waals surface area contributed by atoms with Gasteiger partial charge in [0, 0.05) is 10.4 Å². The first-order valence-corrected chi connectivity index (χ1v) is 6.07. The molecule has 0 unspecified atom stereocenters. The van der Waals surface area contributed by atoms with Gasteiger partial charge < -0.3 is 0 Å². The number of halogens is 3. The molecular formula is C12H9BF3NS. The molecule has 6 heteroatoms. The van der Waals surface area contributed by atoms with Crippen LogP contribution in [-0.2, 0) is 12.5 Å². The number of aromatic nitrogens is 1. The average molecular weight is 267 g/mol. The molecule has 0 aliphatic heterocycles. The monoisotopic (exact) mass is 267 g/mol. The number of alkyl halides is 3. The Labute approximate surface area is 108 Å². The second kappa shape index (κ2) is 4.76. The zero-order valence-electron chi connectivity index (χ0n) is 9.58. The van der Waals surface area contributed by atoms with Crippen molar-refractivity contribution in [3.05, 3.63) is 40.4 Å². The highest BCUT2D eigenvalue weighted by atomic mass is 32.1. The van der Waals surface area contributed by atoms with Crippen LogP contribution in [0.2, 0.25) is 0 Å². The van der Waals surface area contributed by atoms with E-state index in [1.54, 1.807) is 0 Å². The third kappa shape index (κ3) is 2.58. The van der Waals surface area contributed by atoms with Crippen LogP contribution in [0.25, 0.3) is 10.6 Å². The zero-order valence-corrected chi connectivity index (χ0v) is 10.4. The number of benzene rings is 1. The van der Waals surface area contributed by atoms with E-state index in [2.05, 4.69) is 4.98 Å². The largest absolute Gasteiger partial charge is 0.416 e. The van der Waals surface area contributed by atoms with Gasteiger partial charge in [0.15, 0.2) is 0 Å². The maximum Gasteiger partial charge on any atom is 0.416 e. The van der Waals surface area contributed by atoms with E-state index < -0.39 is 11.7 Å². The molecule has 0 saturated carbocycles. The van der Waals surface area contributed by atoms with Gasteiger partial charge in [-0.05, 0) is 19.1 Å². The van der Waals surface area contributed by atoms with Crippen LogP contribution in [0.3, 0.4) is 0 Å².